The number of nitrogens with one attached hydrogen (secondary N) is 2. The van der Waals surface area contributed by atoms with Crippen LogP contribution in [0.1, 0.15) is 23.4 Å². The quantitative estimate of drug-likeness (QED) is 0.860. The molecule has 0 saturated carbocycles. The van der Waals surface area contributed by atoms with Crippen LogP contribution < -0.4 is 5.32 Å². The van der Waals surface area contributed by atoms with E-state index in [1.165, 1.54) is 24.0 Å². The number of hydrogen-bond acceptors (Lipinski definition) is 2. The molecule has 2 N–H and O–H groups in total. The largest absolute Gasteiger partial charge is 0.349 e. The van der Waals surface area contributed by atoms with E-state index >= 15 is 0 Å². The average Bonchev–Trinajstić information content (AvgIpc) is 2.92. The molecule has 1 aliphatic carbocycles. The van der Waals surface area contributed by atoms with Gasteiger partial charge in [0.25, 0.3) is 0 Å². The van der Waals surface area contributed by atoms with E-state index < -0.39 is 0 Å². The predicted octanol–water partition coefficient (Wildman–Crippen LogP) is 2.10. The van der Waals surface area contributed by atoms with Crippen LogP contribution in [0.15, 0.2) is 36.7 Å². The Morgan fingerprint density at radius 3 is 3.00 bits per heavy atom. The Balaban J connectivity index is 1.51. The van der Waals surface area contributed by atoms with E-state index in [0.717, 1.165) is 25.2 Å². The molecule has 0 bridgehead atoms. The summed E-state index contributed by atoms with van der Waals surface area (Å²) < 4.78 is 0. The van der Waals surface area contributed by atoms with E-state index in [4.69, 9.17) is 0 Å². The molecule has 3 nitrogen and oxygen atoms in total. The summed E-state index contributed by atoms with van der Waals surface area (Å²) in [5.41, 5.74) is 3.04. The number of aromatic amines is 1. The molecule has 0 spiro atoms. The highest BCUT2D eigenvalue weighted by Gasteiger charge is 2.17. The zero-order valence-corrected chi connectivity index (χ0v) is 10.5. The highest BCUT2D eigenvalue weighted by molar-refractivity contribution is 5.30. The molecule has 1 aromatic carbocycles. The fourth-order valence-corrected chi connectivity index (χ4v) is 2.70. The number of imidazole rings is 1. The standard InChI is InChI=1S/C15H19N3/c1-2-4-13-11-14(6-5-12(13)3-1)16-8-7-15-17-9-10-18-15/h1-4,9-10,14,16H,5-8,11H2,(H,17,18). The summed E-state index contributed by atoms with van der Waals surface area (Å²) in [4.78, 5) is 7.38. The first-order valence-corrected chi connectivity index (χ1v) is 6.70. The maximum atomic E-state index is 4.24. The van der Waals surface area contributed by atoms with E-state index in [9.17, 15) is 0 Å². The monoisotopic (exact) mass is 241 g/mol. The summed E-state index contributed by atoms with van der Waals surface area (Å²) in [5, 5.41) is 3.64. The van der Waals surface area contributed by atoms with Gasteiger partial charge in [0.2, 0.25) is 0 Å². The van der Waals surface area contributed by atoms with Crippen molar-refractivity contribution in [3.8, 4) is 0 Å². The van der Waals surface area contributed by atoms with Crippen molar-refractivity contribution in [2.24, 2.45) is 0 Å². The average molecular weight is 241 g/mol. The van der Waals surface area contributed by atoms with Gasteiger partial charge in [-0.2, -0.15) is 0 Å². The van der Waals surface area contributed by atoms with E-state index in [0.29, 0.717) is 6.04 Å². The lowest BCUT2D eigenvalue weighted by Crippen LogP contribution is -2.35. The zero-order valence-electron chi connectivity index (χ0n) is 10.5. The predicted molar refractivity (Wildman–Crippen MR) is 72.5 cm³/mol. The van der Waals surface area contributed by atoms with Crippen molar-refractivity contribution < 1.29 is 0 Å². The molecule has 1 heterocycles. The van der Waals surface area contributed by atoms with Crippen LogP contribution in [0.2, 0.25) is 0 Å². The van der Waals surface area contributed by atoms with Crippen molar-refractivity contribution in [1.82, 2.24) is 15.3 Å². The molecule has 94 valence electrons. The van der Waals surface area contributed by atoms with Crippen LogP contribution in [-0.4, -0.2) is 22.6 Å². The van der Waals surface area contributed by atoms with Crippen molar-refractivity contribution in [2.45, 2.75) is 31.7 Å². The summed E-state index contributed by atoms with van der Waals surface area (Å²) >= 11 is 0. The Kier molecular flexibility index (Phi) is 3.42. The fourth-order valence-electron chi connectivity index (χ4n) is 2.70. The van der Waals surface area contributed by atoms with Gasteiger partial charge in [-0.1, -0.05) is 24.3 Å². The second-order valence-electron chi connectivity index (χ2n) is 4.95. The van der Waals surface area contributed by atoms with Gasteiger partial charge in [0.15, 0.2) is 0 Å². The summed E-state index contributed by atoms with van der Waals surface area (Å²) in [6, 6.07) is 9.42. The van der Waals surface area contributed by atoms with Crippen molar-refractivity contribution in [3.63, 3.8) is 0 Å². The second-order valence-corrected chi connectivity index (χ2v) is 4.95. The molecule has 2 aromatic rings. The Morgan fingerprint density at radius 1 is 1.28 bits per heavy atom. The number of benzene rings is 1. The first kappa shape index (κ1) is 11.5. The first-order chi connectivity index (χ1) is 8.92. The van der Waals surface area contributed by atoms with E-state index in [-0.39, 0.29) is 0 Å². The van der Waals surface area contributed by atoms with Crippen LogP contribution in [-0.2, 0) is 19.3 Å². The molecule has 0 amide bonds. The van der Waals surface area contributed by atoms with Gasteiger partial charge in [0, 0.05) is 31.4 Å². The van der Waals surface area contributed by atoms with Crippen molar-refractivity contribution >= 4 is 0 Å². The van der Waals surface area contributed by atoms with Gasteiger partial charge in [-0.25, -0.2) is 4.98 Å². The minimum Gasteiger partial charge on any atom is -0.349 e. The van der Waals surface area contributed by atoms with Gasteiger partial charge in [-0.3, -0.25) is 0 Å². The minimum absolute atomic E-state index is 0.620. The molecule has 3 heteroatoms. The smallest absolute Gasteiger partial charge is 0.107 e. The normalized spacial score (nSPS) is 18.6. The molecular formula is C15H19N3. The number of rotatable bonds is 4. The topological polar surface area (TPSA) is 40.7 Å². The molecule has 0 saturated heterocycles. The summed E-state index contributed by atoms with van der Waals surface area (Å²) in [6.07, 6.45) is 8.28. The molecule has 0 radical (unpaired) electrons. The third kappa shape index (κ3) is 2.62. The maximum Gasteiger partial charge on any atom is 0.107 e. The number of hydrogen-bond donors (Lipinski definition) is 2. The second kappa shape index (κ2) is 5.36. The minimum atomic E-state index is 0.620. The van der Waals surface area contributed by atoms with Gasteiger partial charge in [-0.15, -0.1) is 0 Å². The van der Waals surface area contributed by atoms with Crippen molar-refractivity contribution in [2.75, 3.05) is 6.54 Å². The summed E-state index contributed by atoms with van der Waals surface area (Å²) in [7, 11) is 0. The molecule has 3 rings (SSSR count). The molecule has 1 unspecified atom stereocenters. The highest BCUT2D eigenvalue weighted by Crippen LogP contribution is 2.20. The number of aryl methyl sites for hydroxylation is 1. The van der Waals surface area contributed by atoms with Crippen LogP contribution >= 0.6 is 0 Å². The lowest BCUT2D eigenvalue weighted by molar-refractivity contribution is 0.460. The van der Waals surface area contributed by atoms with E-state index in [1.807, 2.05) is 12.4 Å². The molecule has 0 fully saturated rings. The van der Waals surface area contributed by atoms with Gasteiger partial charge in [-0.05, 0) is 30.4 Å². The van der Waals surface area contributed by atoms with Gasteiger partial charge >= 0.3 is 0 Å². The number of fused-ring (bicyclic) bond motifs is 1. The number of aromatic nitrogens is 2. The summed E-state index contributed by atoms with van der Waals surface area (Å²) in [5.74, 6) is 1.07. The third-order valence-electron chi connectivity index (χ3n) is 3.70. The molecule has 1 atom stereocenters. The Bertz CT molecular complexity index is 490. The van der Waals surface area contributed by atoms with E-state index in [2.05, 4.69) is 39.6 Å². The lowest BCUT2D eigenvalue weighted by atomic mass is 9.88. The van der Waals surface area contributed by atoms with Crippen molar-refractivity contribution in [3.05, 3.63) is 53.6 Å². The Morgan fingerprint density at radius 2 is 2.17 bits per heavy atom. The van der Waals surface area contributed by atoms with Crippen LogP contribution in [0.3, 0.4) is 0 Å². The van der Waals surface area contributed by atoms with E-state index in [1.54, 1.807) is 0 Å². The van der Waals surface area contributed by atoms with Crippen LogP contribution in [0.5, 0.6) is 0 Å². The molecule has 1 aromatic heterocycles. The van der Waals surface area contributed by atoms with Crippen LogP contribution in [0.25, 0.3) is 0 Å². The summed E-state index contributed by atoms with van der Waals surface area (Å²) in [6.45, 7) is 1.00. The first-order valence-electron chi connectivity index (χ1n) is 6.70. The SMILES string of the molecule is c1ccc2c(c1)CCC(NCCc1ncc[nH]1)C2. The molecular weight excluding hydrogens is 222 g/mol. The Labute approximate surface area is 108 Å². The van der Waals surface area contributed by atoms with Gasteiger partial charge in [0.1, 0.15) is 5.82 Å². The van der Waals surface area contributed by atoms with Gasteiger partial charge in [0.05, 0.1) is 0 Å². The van der Waals surface area contributed by atoms with Gasteiger partial charge < -0.3 is 10.3 Å². The molecule has 1 aliphatic rings. The maximum absolute atomic E-state index is 4.24. The Hall–Kier alpha value is -1.61. The zero-order chi connectivity index (χ0) is 12.2. The third-order valence-corrected chi connectivity index (χ3v) is 3.70. The lowest BCUT2D eigenvalue weighted by Gasteiger charge is -2.25. The number of H-pyrrole nitrogens is 1. The fraction of sp³-hybridized carbons (Fsp3) is 0.400. The van der Waals surface area contributed by atoms with Crippen molar-refractivity contribution in [1.29, 1.82) is 0 Å². The molecule has 18 heavy (non-hydrogen) atoms. The highest BCUT2D eigenvalue weighted by atomic mass is 14.9. The number of nitrogens with zero attached hydrogens (tertiary/aromatic N) is 1. The van der Waals surface area contributed by atoms with Crippen LogP contribution in [0.4, 0.5) is 0 Å². The molecule has 0 aliphatic heterocycles. The van der Waals surface area contributed by atoms with Crippen LogP contribution in [0, 0.1) is 0 Å².